The first kappa shape index (κ1) is 10.5. The molecule has 0 unspecified atom stereocenters. The Balaban J connectivity index is 2.55. The number of rotatable bonds is 4. The van der Waals surface area contributed by atoms with Crippen molar-refractivity contribution in [2.75, 3.05) is 5.88 Å². The maximum Gasteiger partial charge on any atom is 0.123 e. The van der Waals surface area contributed by atoms with E-state index in [0.717, 1.165) is 12.0 Å². The van der Waals surface area contributed by atoms with E-state index >= 15 is 0 Å². The lowest BCUT2D eigenvalue weighted by atomic mass is 10.1. The molecule has 0 heterocycles. The molecule has 72 valence electrons. The molecule has 0 bridgehead atoms. The van der Waals surface area contributed by atoms with Gasteiger partial charge in [0.1, 0.15) is 5.82 Å². The predicted molar refractivity (Wildman–Crippen MR) is 51.3 cm³/mol. The summed E-state index contributed by atoms with van der Waals surface area (Å²) in [7, 11) is 0. The van der Waals surface area contributed by atoms with Gasteiger partial charge in [-0.05, 0) is 30.5 Å². The van der Waals surface area contributed by atoms with E-state index in [9.17, 15) is 9.50 Å². The van der Waals surface area contributed by atoms with Crippen molar-refractivity contribution in [1.82, 2.24) is 0 Å². The minimum atomic E-state index is -0.528. The highest BCUT2D eigenvalue weighted by molar-refractivity contribution is 6.17. The topological polar surface area (TPSA) is 20.2 Å². The number of aliphatic hydroxyl groups is 1. The predicted octanol–water partition coefficient (Wildman–Crippen LogP) is 2.88. The molecule has 0 saturated heterocycles. The summed E-state index contributed by atoms with van der Waals surface area (Å²) in [6.07, 6.45) is 0.856. The van der Waals surface area contributed by atoms with E-state index < -0.39 is 6.10 Å². The largest absolute Gasteiger partial charge is 0.388 e. The Labute approximate surface area is 82.2 Å². The Morgan fingerprint density at radius 3 is 2.46 bits per heavy atom. The summed E-state index contributed by atoms with van der Waals surface area (Å²) < 4.78 is 12.5. The highest BCUT2D eigenvalue weighted by Crippen LogP contribution is 2.18. The van der Waals surface area contributed by atoms with Gasteiger partial charge in [-0.25, -0.2) is 4.39 Å². The molecule has 0 saturated carbocycles. The van der Waals surface area contributed by atoms with Gasteiger partial charge in [0, 0.05) is 5.88 Å². The average Bonchev–Trinajstić information content (AvgIpc) is 2.15. The quantitative estimate of drug-likeness (QED) is 0.745. The van der Waals surface area contributed by atoms with Crippen molar-refractivity contribution in [3.05, 3.63) is 35.6 Å². The number of hydrogen-bond donors (Lipinski definition) is 1. The molecular formula is C10H12ClFO. The van der Waals surface area contributed by atoms with Gasteiger partial charge < -0.3 is 5.11 Å². The maximum absolute atomic E-state index is 12.5. The molecule has 0 aliphatic heterocycles. The highest BCUT2D eigenvalue weighted by atomic mass is 35.5. The molecule has 1 aromatic rings. The number of hydrogen-bond acceptors (Lipinski definition) is 1. The summed E-state index contributed by atoms with van der Waals surface area (Å²) in [4.78, 5) is 0. The van der Waals surface area contributed by atoms with Crippen LogP contribution < -0.4 is 0 Å². The number of benzene rings is 1. The Kier molecular flexibility index (Phi) is 4.19. The lowest BCUT2D eigenvalue weighted by Crippen LogP contribution is -1.97. The van der Waals surface area contributed by atoms with E-state index in [2.05, 4.69) is 0 Å². The highest BCUT2D eigenvalue weighted by Gasteiger charge is 2.06. The summed E-state index contributed by atoms with van der Waals surface area (Å²) >= 11 is 5.49. The fourth-order valence-corrected chi connectivity index (χ4v) is 1.28. The summed E-state index contributed by atoms with van der Waals surface area (Å²) in [6, 6.07) is 5.88. The number of aliphatic hydroxyl groups excluding tert-OH is 1. The van der Waals surface area contributed by atoms with E-state index in [0.29, 0.717) is 12.3 Å². The van der Waals surface area contributed by atoms with Gasteiger partial charge in [0.15, 0.2) is 0 Å². The zero-order chi connectivity index (χ0) is 9.68. The van der Waals surface area contributed by atoms with Crippen molar-refractivity contribution >= 4 is 11.6 Å². The van der Waals surface area contributed by atoms with Crippen molar-refractivity contribution in [2.24, 2.45) is 0 Å². The van der Waals surface area contributed by atoms with Crippen molar-refractivity contribution < 1.29 is 9.50 Å². The van der Waals surface area contributed by atoms with Crippen LogP contribution in [0.15, 0.2) is 24.3 Å². The summed E-state index contributed by atoms with van der Waals surface area (Å²) in [5, 5.41) is 9.56. The van der Waals surface area contributed by atoms with Crippen molar-refractivity contribution in [3.63, 3.8) is 0 Å². The minimum Gasteiger partial charge on any atom is -0.388 e. The zero-order valence-corrected chi connectivity index (χ0v) is 7.97. The van der Waals surface area contributed by atoms with Gasteiger partial charge in [0.2, 0.25) is 0 Å². The smallest absolute Gasteiger partial charge is 0.123 e. The molecule has 0 aliphatic rings. The van der Waals surface area contributed by atoms with Gasteiger partial charge in [-0.3, -0.25) is 0 Å². The standard InChI is InChI=1S/C10H12ClFO/c11-7-1-2-10(13)8-3-5-9(12)6-4-8/h3-6,10,13H,1-2,7H2/t10-/m0/s1. The molecule has 0 aromatic heterocycles. The van der Waals surface area contributed by atoms with Crippen LogP contribution in [0, 0.1) is 5.82 Å². The zero-order valence-electron chi connectivity index (χ0n) is 7.21. The molecule has 0 fully saturated rings. The fraction of sp³-hybridized carbons (Fsp3) is 0.400. The maximum atomic E-state index is 12.5. The first-order valence-electron chi connectivity index (χ1n) is 4.23. The SMILES string of the molecule is O[C@@H](CCCCl)c1ccc(F)cc1. The third kappa shape index (κ3) is 3.33. The van der Waals surface area contributed by atoms with Gasteiger partial charge in [-0.15, -0.1) is 11.6 Å². The van der Waals surface area contributed by atoms with Gasteiger partial charge in [0.05, 0.1) is 6.10 Å². The van der Waals surface area contributed by atoms with Crippen molar-refractivity contribution in [1.29, 1.82) is 0 Å². The lowest BCUT2D eigenvalue weighted by Gasteiger charge is -2.09. The van der Waals surface area contributed by atoms with Crippen LogP contribution in [0.2, 0.25) is 0 Å². The van der Waals surface area contributed by atoms with Crippen LogP contribution in [-0.2, 0) is 0 Å². The van der Waals surface area contributed by atoms with Crippen LogP contribution >= 0.6 is 11.6 Å². The van der Waals surface area contributed by atoms with Gasteiger partial charge in [-0.1, -0.05) is 12.1 Å². The Hall–Kier alpha value is -0.600. The monoisotopic (exact) mass is 202 g/mol. The second-order valence-electron chi connectivity index (χ2n) is 2.90. The summed E-state index contributed by atoms with van der Waals surface area (Å²) in [5.41, 5.74) is 0.742. The Bertz CT molecular complexity index is 248. The van der Waals surface area contributed by atoms with E-state index in [1.54, 1.807) is 12.1 Å². The van der Waals surface area contributed by atoms with Crippen molar-refractivity contribution in [2.45, 2.75) is 18.9 Å². The first-order chi connectivity index (χ1) is 6.24. The molecular weight excluding hydrogens is 191 g/mol. The molecule has 0 spiro atoms. The third-order valence-electron chi connectivity index (χ3n) is 1.87. The van der Waals surface area contributed by atoms with Crippen LogP contribution in [0.4, 0.5) is 4.39 Å². The van der Waals surface area contributed by atoms with E-state index in [1.165, 1.54) is 12.1 Å². The van der Waals surface area contributed by atoms with Crippen LogP contribution in [0.25, 0.3) is 0 Å². The van der Waals surface area contributed by atoms with Crippen LogP contribution in [0.5, 0.6) is 0 Å². The van der Waals surface area contributed by atoms with Gasteiger partial charge in [0.25, 0.3) is 0 Å². The third-order valence-corrected chi connectivity index (χ3v) is 2.13. The fourth-order valence-electron chi connectivity index (χ4n) is 1.12. The molecule has 0 amide bonds. The molecule has 1 N–H and O–H groups in total. The first-order valence-corrected chi connectivity index (χ1v) is 4.77. The summed E-state index contributed by atoms with van der Waals surface area (Å²) in [5.74, 6) is 0.256. The molecule has 1 aromatic carbocycles. The molecule has 0 aliphatic carbocycles. The second-order valence-corrected chi connectivity index (χ2v) is 3.28. The lowest BCUT2D eigenvalue weighted by molar-refractivity contribution is 0.166. The molecule has 1 atom stereocenters. The molecule has 0 radical (unpaired) electrons. The minimum absolute atomic E-state index is 0.284. The molecule has 3 heteroatoms. The van der Waals surface area contributed by atoms with Crippen LogP contribution in [0.3, 0.4) is 0 Å². The Morgan fingerprint density at radius 1 is 1.31 bits per heavy atom. The average molecular weight is 203 g/mol. The van der Waals surface area contributed by atoms with E-state index in [4.69, 9.17) is 11.6 Å². The van der Waals surface area contributed by atoms with E-state index in [1.807, 2.05) is 0 Å². The number of alkyl halides is 1. The summed E-state index contributed by atoms with van der Waals surface area (Å²) in [6.45, 7) is 0. The molecule has 1 nitrogen and oxygen atoms in total. The normalized spacial score (nSPS) is 12.8. The second kappa shape index (κ2) is 5.20. The van der Waals surface area contributed by atoms with Crippen molar-refractivity contribution in [3.8, 4) is 0 Å². The van der Waals surface area contributed by atoms with E-state index in [-0.39, 0.29) is 5.82 Å². The number of halogens is 2. The van der Waals surface area contributed by atoms with Crippen LogP contribution in [-0.4, -0.2) is 11.0 Å². The van der Waals surface area contributed by atoms with Crippen LogP contribution in [0.1, 0.15) is 24.5 Å². The molecule has 1 rings (SSSR count). The molecule has 13 heavy (non-hydrogen) atoms. The van der Waals surface area contributed by atoms with Gasteiger partial charge >= 0.3 is 0 Å². The van der Waals surface area contributed by atoms with Gasteiger partial charge in [-0.2, -0.15) is 0 Å². The Morgan fingerprint density at radius 2 is 1.92 bits per heavy atom.